The number of rotatable bonds is 3. The Morgan fingerprint density at radius 1 is 1.33 bits per heavy atom. The van der Waals surface area contributed by atoms with E-state index in [1.54, 1.807) is 23.1 Å². The predicted molar refractivity (Wildman–Crippen MR) is 95.8 cm³/mol. The fourth-order valence-electron chi connectivity index (χ4n) is 2.36. The van der Waals surface area contributed by atoms with Crippen LogP contribution in [-0.2, 0) is 17.7 Å². The van der Waals surface area contributed by atoms with Gasteiger partial charge in [0.15, 0.2) is 5.82 Å². The molecule has 1 aromatic rings. The van der Waals surface area contributed by atoms with E-state index in [9.17, 15) is 4.79 Å². The van der Waals surface area contributed by atoms with E-state index in [0.29, 0.717) is 30.5 Å². The van der Waals surface area contributed by atoms with Crippen molar-refractivity contribution in [3.05, 3.63) is 53.6 Å². The molecule has 0 spiro atoms. The number of hydrogen-bond acceptors (Lipinski definition) is 4. The first-order chi connectivity index (χ1) is 11.2. The van der Waals surface area contributed by atoms with Gasteiger partial charge in [0.25, 0.3) is 0 Å². The summed E-state index contributed by atoms with van der Waals surface area (Å²) >= 11 is 6.31. The van der Waals surface area contributed by atoms with Crippen molar-refractivity contribution in [3.63, 3.8) is 0 Å². The quantitative estimate of drug-likeness (QED) is 0.608. The van der Waals surface area contributed by atoms with Crippen molar-refractivity contribution >= 4 is 23.3 Å². The summed E-state index contributed by atoms with van der Waals surface area (Å²) in [6.07, 6.45) is 5.30. The Hall–Kier alpha value is -2.14. The smallest absolute Gasteiger partial charge is 0.410 e. The van der Waals surface area contributed by atoms with Crippen LogP contribution in [0, 0.1) is 0 Å². The molecule has 0 unspecified atom stereocenters. The molecular formula is C18H22ClN3O2. The van der Waals surface area contributed by atoms with Crippen LogP contribution in [-0.4, -0.2) is 33.1 Å². The Bertz CT molecular complexity index is 705. The summed E-state index contributed by atoms with van der Waals surface area (Å²) in [5.41, 5.74) is 1.81. The average Bonchev–Trinajstić information content (AvgIpc) is 2.50. The molecule has 1 aliphatic rings. The molecule has 0 saturated heterocycles. The molecule has 0 atom stereocenters. The molecule has 2 heterocycles. The first-order valence-corrected chi connectivity index (χ1v) is 8.11. The Balaban J connectivity index is 2.31. The van der Waals surface area contributed by atoms with Crippen LogP contribution in [0.25, 0.3) is 5.57 Å². The van der Waals surface area contributed by atoms with E-state index in [0.717, 1.165) is 16.8 Å². The number of carbonyl (C=O) groups is 1. The van der Waals surface area contributed by atoms with E-state index in [1.807, 2.05) is 20.8 Å². The third-order valence-corrected chi connectivity index (χ3v) is 3.75. The second-order valence-electron chi connectivity index (χ2n) is 6.48. The van der Waals surface area contributed by atoms with Crippen LogP contribution >= 0.6 is 11.6 Å². The third-order valence-electron chi connectivity index (χ3n) is 3.44. The Morgan fingerprint density at radius 2 is 2.04 bits per heavy atom. The molecule has 0 fully saturated rings. The lowest BCUT2D eigenvalue weighted by molar-refractivity contribution is 0.0220. The fourth-order valence-corrected chi connectivity index (χ4v) is 2.64. The van der Waals surface area contributed by atoms with Crippen molar-refractivity contribution < 1.29 is 9.53 Å². The first-order valence-electron chi connectivity index (χ1n) is 7.74. The van der Waals surface area contributed by atoms with Gasteiger partial charge in [-0.15, -0.1) is 0 Å². The van der Waals surface area contributed by atoms with Crippen LogP contribution in [0.1, 0.15) is 37.9 Å². The highest BCUT2D eigenvalue weighted by Gasteiger charge is 2.28. The number of halogens is 1. The number of carbonyl (C=O) groups excluding carboxylic acids is 1. The minimum absolute atomic E-state index is 0.345. The normalized spacial score (nSPS) is 14.8. The molecule has 2 rings (SSSR count). The highest BCUT2D eigenvalue weighted by molar-refractivity contribution is 6.30. The predicted octanol–water partition coefficient (Wildman–Crippen LogP) is 4.18. The highest BCUT2D eigenvalue weighted by Crippen LogP contribution is 2.26. The van der Waals surface area contributed by atoms with Crippen LogP contribution in [0.2, 0.25) is 5.15 Å². The summed E-state index contributed by atoms with van der Waals surface area (Å²) in [5.74, 6) is 0.472. The van der Waals surface area contributed by atoms with Gasteiger partial charge in [-0.1, -0.05) is 43.0 Å². The molecule has 24 heavy (non-hydrogen) atoms. The van der Waals surface area contributed by atoms with Crippen LogP contribution < -0.4 is 0 Å². The monoisotopic (exact) mass is 347 g/mol. The number of hydrogen-bond donors (Lipinski definition) is 0. The summed E-state index contributed by atoms with van der Waals surface area (Å²) in [7, 11) is 0. The van der Waals surface area contributed by atoms with Gasteiger partial charge in [-0.05, 0) is 27.2 Å². The molecule has 0 aromatic carbocycles. The number of fused-ring (bicyclic) bond motifs is 1. The van der Waals surface area contributed by atoms with Crippen LogP contribution in [0.5, 0.6) is 0 Å². The second-order valence-corrected chi connectivity index (χ2v) is 6.84. The van der Waals surface area contributed by atoms with Gasteiger partial charge in [-0.25, -0.2) is 14.8 Å². The molecule has 1 aromatic heterocycles. The lowest BCUT2D eigenvalue weighted by Crippen LogP contribution is -2.40. The molecule has 0 bridgehead atoms. The minimum Gasteiger partial charge on any atom is -0.444 e. The fraction of sp³-hybridized carbons (Fsp3) is 0.389. The number of ether oxygens (including phenoxy) is 1. The highest BCUT2D eigenvalue weighted by atomic mass is 35.5. The summed E-state index contributed by atoms with van der Waals surface area (Å²) in [5, 5.41) is 0.413. The van der Waals surface area contributed by atoms with Crippen LogP contribution in [0.3, 0.4) is 0 Å². The van der Waals surface area contributed by atoms with E-state index >= 15 is 0 Å². The van der Waals surface area contributed by atoms with Gasteiger partial charge in [-0.3, -0.25) is 0 Å². The zero-order chi connectivity index (χ0) is 17.9. The molecule has 1 amide bonds. The Labute approximate surface area is 147 Å². The SMILES string of the molecule is C=C/C=C(\C=C)c1nc(Cl)c2c(n1)CN(C(=O)OC(C)(C)C)CC2. The van der Waals surface area contributed by atoms with Gasteiger partial charge in [-0.2, -0.15) is 0 Å². The molecule has 0 radical (unpaired) electrons. The van der Waals surface area contributed by atoms with E-state index in [2.05, 4.69) is 23.1 Å². The summed E-state index contributed by atoms with van der Waals surface area (Å²) in [4.78, 5) is 22.8. The zero-order valence-corrected chi connectivity index (χ0v) is 15.1. The van der Waals surface area contributed by atoms with Gasteiger partial charge in [0.2, 0.25) is 0 Å². The van der Waals surface area contributed by atoms with Gasteiger partial charge < -0.3 is 9.64 Å². The minimum atomic E-state index is -0.533. The maximum Gasteiger partial charge on any atom is 0.410 e. The molecular weight excluding hydrogens is 326 g/mol. The molecule has 5 nitrogen and oxygen atoms in total. The van der Waals surface area contributed by atoms with E-state index < -0.39 is 5.60 Å². The topological polar surface area (TPSA) is 55.3 Å². The number of aromatic nitrogens is 2. The molecule has 0 saturated carbocycles. The van der Waals surface area contributed by atoms with E-state index in [-0.39, 0.29) is 6.09 Å². The number of allylic oxidation sites excluding steroid dienone is 4. The zero-order valence-electron chi connectivity index (χ0n) is 14.3. The van der Waals surface area contributed by atoms with Crippen molar-refractivity contribution in [2.75, 3.05) is 6.54 Å². The van der Waals surface area contributed by atoms with Crippen molar-refractivity contribution in [2.45, 2.75) is 39.3 Å². The van der Waals surface area contributed by atoms with E-state index in [1.165, 1.54) is 0 Å². The lowest BCUT2D eigenvalue weighted by Gasteiger charge is -2.31. The Morgan fingerprint density at radius 3 is 2.62 bits per heavy atom. The average molecular weight is 348 g/mol. The van der Waals surface area contributed by atoms with Crippen LogP contribution in [0.15, 0.2) is 31.4 Å². The lowest BCUT2D eigenvalue weighted by atomic mass is 10.1. The van der Waals surface area contributed by atoms with E-state index in [4.69, 9.17) is 16.3 Å². The molecule has 1 aliphatic heterocycles. The molecule has 0 aliphatic carbocycles. The summed E-state index contributed by atoms with van der Waals surface area (Å²) in [6, 6.07) is 0. The maximum atomic E-state index is 12.3. The molecule has 128 valence electrons. The number of nitrogens with zero attached hydrogens (tertiary/aromatic N) is 3. The van der Waals surface area contributed by atoms with Gasteiger partial charge in [0.1, 0.15) is 10.8 Å². The van der Waals surface area contributed by atoms with Crippen molar-refractivity contribution in [2.24, 2.45) is 0 Å². The van der Waals surface area contributed by atoms with Gasteiger partial charge in [0, 0.05) is 17.7 Å². The first kappa shape index (κ1) is 18.2. The summed E-state index contributed by atoms with van der Waals surface area (Å²) < 4.78 is 5.43. The third kappa shape index (κ3) is 4.23. The van der Waals surface area contributed by atoms with Gasteiger partial charge in [0.05, 0.1) is 12.2 Å². The number of amides is 1. The van der Waals surface area contributed by atoms with Crippen molar-refractivity contribution in [1.82, 2.24) is 14.9 Å². The van der Waals surface area contributed by atoms with Gasteiger partial charge >= 0.3 is 6.09 Å². The summed E-state index contributed by atoms with van der Waals surface area (Å²) in [6.45, 7) is 13.8. The van der Waals surface area contributed by atoms with Crippen molar-refractivity contribution in [3.8, 4) is 0 Å². The second kappa shape index (κ2) is 7.18. The Kier molecular flexibility index (Phi) is 5.44. The molecule has 6 heteroatoms. The van der Waals surface area contributed by atoms with Crippen LogP contribution in [0.4, 0.5) is 4.79 Å². The van der Waals surface area contributed by atoms with Crippen molar-refractivity contribution in [1.29, 1.82) is 0 Å². The maximum absolute atomic E-state index is 12.3. The largest absolute Gasteiger partial charge is 0.444 e. The molecule has 0 N–H and O–H groups in total. The standard InChI is InChI=1S/C18H22ClN3O2/c1-6-8-12(7-2)16-20-14-11-22(17(23)24-18(3,4)5)10-9-13(14)15(19)21-16/h6-8H,1-2,9-11H2,3-5H3/b12-8+.